The number of hydrogen-bond acceptors (Lipinski definition) is 5. The molecule has 0 spiro atoms. The lowest BCUT2D eigenvalue weighted by Crippen LogP contribution is -2.21. The molecule has 2 N–H and O–H groups in total. The predicted molar refractivity (Wildman–Crippen MR) is 101 cm³/mol. The fourth-order valence-corrected chi connectivity index (χ4v) is 3.59. The Morgan fingerprint density at radius 3 is 2.81 bits per heavy atom. The van der Waals surface area contributed by atoms with E-state index in [9.17, 15) is 9.59 Å². The Hall–Kier alpha value is -3.19. The number of hydrogen-bond donors (Lipinski definition) is 2. The molecule has 4 aromatic rings. The van der Waals surface area contributed by atoms with Gasteiger partial charge in [0.2, 0.25) is 0 Å². The maximum Gasteiger partial charge on any atom is 0.310 e. The van der Waals surface area contributed by atoms with Crippen molar-refractivity contribution in [2.45, 2.75) is 6.42 Å². The third-order valence-electron chi connectivity index (χ3n) is 3.91. The Morgan fingerprint density at radius 1 is 1.12 bits per heavy atom. The van der Waals surface area contributed by atoms with Crippen molar-refractivity contribution < 1.29 is 14.3 Å². The lowest BCUT2D eigenvalue weighted by Gasteiger charge is -2.04. The molecule has 7 heteroatoms. The Balaban J connectivity index is 1.33. The molecular formula is C19H15N3O3S. The summed E-state index contributed by atoms with van der Waals surface area (Å²) in [5.74, 6) is -0.856. The number of nitrogens with one attached hydrogen (secondary N) is 2. The molecule has 0 aliphatic carbocycles. The number of para-hydroxylation sites is 2. The van der Waals surface area contributed by atoms with Crippen LogP contribution in [0.5, 0.6) is 0 Å². The highest BCUT2D eigenvalue weighted by Crippen LogP contribution is 2.25. The van der Waals surface area contributed by atoms with Gasteiger partial charge in [-0.3, -0.25) is 14.9 Å². The van der Waals surface area contributed by atoms with Crippen molar-refractivity contribution >= 4 is 49.5 Å². The standard InChI is InChI=1S/C19H15N3O3S/c23-17(22-19-21-15-7-3-4-8-16(15)26-19)11-25-18(24)9-12-10-20-14-6-2-1-5-13(12)14/h1-8,10,20H,9,11H2,(H,21,22,23). The zero-order chi connectivity index (χ0) is 17.9. The van der Waals surface area contributed by atoms with Gasteiger partial charge in [0.1, 0.15) is 0 Å². The van der Waals surface area contributed by atoms with E-state index in [1.807, 2.05) is 48.5 Å². The summed E-state index contributed by atoms with van der Waals surface area (Å²) in [5, 5.41) is 4.13. The first-order valence-electron chi connectivity index (χ1n) is 8.05. The fraction of sp³-hybridized carbons (Fsp3) is 0.105. The summed E-state index contributed by atoms with van der Waals surface area (Å²) in [5.41, 5.74) is 2.63. The highest BCUT2D eigenvalue weighted by atomic mass is 32.1. The monoisotopic (exact) mass is 365 g/mol. The minimum absolute atomic E-state index is 0.110. The van der Waals surface area contributed by atoms with Crippen LogP contribution in [0.1, 0.15) is 5.56 Å². The van der Waals surface area contributed by atoms with E-state index < -0.39 is 11.9 Å². The van der Waals surface area contributed by atoms with Gasteiger partial charge in [-0.15, -0.1) is 0 Å². The fourth-order valence-electron chi connectivity index (χ4n) is 2.71. The SMILES string of the molecule is O=C(COC(=O)Cc1c[nH]c2ccccc12)Nc1nc2ccccc2s1. The van der Waals surface area contributed by atoms with Crippen molar-refractivity contribution in [3.63, 3.8) is 0 Å². The van der Waals surface area contributed by atoms with Crippen LogP contribution in [0.3, 0.4) is 0 Å². The second-order valence-electron chi connectivity index (χ2n) is 5.73. The lowest BCUT2D eigenvalue weighted by atomic mass is 10.1. The predicted octanol–water partition coefficient (Wildman–Crippen LogP) is 3.50. The van der Waals surface area contributed by atoms with Crippen molar-refractivity contribution in [2.75, 3.05) is 11.9 Å². The molecule has 26 heavy (non-hydrogen) atoms. The van der Waals surface area contributed by atoms with E-state index in [0.717, 1.165) is 26.7 Å². The van der Waals surface area contributed by atoms with Crippen LogP contribution in [0.25, 0.3) is 21.1 Å². The first-order valence-corrected chi connectivity index (χ1v) is 8.87. The van der Waals surface area contributed by atoms with Gasteiger partial charge in [0, 0.05) is 17.1 Å². The average Bonchev–Trinajstić information content (AvgIpc) is 3.24. The molecule has 2 aromatic heterocycles. The number of nitrogens with zero attached hydrogens (tertiary/aromatic N) is 1. The first-order chi connectivity index (χ1) is 12.7. The van der Waals surface area contributed by atoms with Crippen LogP contribution >= 0.6 is 11.3 Å². The lowest BCUT2D eigenvalue weighted by molar-refractivity contribution is -0.146. The maximum atomic E-state index is 12.0. The quantitative estimate of drug-likeness (QED) is 0.530. The van der Waals surface area contributed by atoms with Gasteiger partial charge in [-0.2, -0.15) is 0 Å². The molecule has 0 unspecified atom stereocenters. The van der Waals surface area contributed by atoms with E-state index in [0.29, 0.717) is 5.13 Å². The van der Waals surface area contributed by atoms with Crippen molar-refractivity contribution in [1.29, 1.82) is 0 Å². The molecule has 0 aliphatic heterocycles. The minimum Gasteiger partial charge on any atom is -0.455 e. The number of thiazole rings is 1. The molecule has 0 aliphatic rings. The number of fused-ring (bicyclic) bond motifs is 2. The van der Waals surface area contributed by atoms with Crippen LogP contribution in [0.4, 0.5) is 5.13 Å². The Bertz CT molecular complexity index is 1070. The van der Waals surface area contributed by atoms with E-state index in [1.165, 1.54) is 11.3 Å². The number of rotatable bonds is 5. The van der Waals surface area contributed by atoms with E-state index in [2.05, 4.69) is 15.3 Å². The summed E-state index contributed by atoms with van der Waals surface area (Å²) in [6.45, 7) is -0.336. The summed E-state index contributed by atoms with van der Waals surface area (Å²) in [7, 11) is 0. The smallest absolute Gasteiger partial charge is 0.310 e. The molecule has 0 fully saturated rings. The number of amides is 1. The van der Waals surface area contributed by atoms with Gasteiger partial charge >= 0.3 is 5.97 Å². The number of benzene rings is 2. The summed E-state index contributed by atoms with van der Waals surface area (Å²) in [6, 6.07) is 15.3. The minimum atomic E-state index is -0.450. The van der Waals surface area contributed by atoms with Gasteiger partial charge < -0.3 is 9.72 Å². The molecular weight excluding hydrogens is 350 g/mol. The average molecular weight is 365 g/mol. The third kappa shape index (κ3) is 3.43. The molecule has 2 heterocycles. The molecule has 0 atom stereocenters. The van der Waals surface area contributed by atoms with Crippen LogP contribution in [0, 0.1) is 0 Å². The molecule has 130 valence electrons. The molecule has 0 radical (unpaired) electrons. The number of carbonyl (C=O) groups excluding carboxylic acids is 2. The van der Waals surface area contributed by atoms with Crippen LogP contribution < -0.4 is 5.32 Å². The van der Waals surface area contributed by atoms with Gasteiger partial charge in [0.15, 0.2) is 11.7 Å². The van der Waals surface area contributed by atoms with Crippen LogP contribution in [0.2, 0.25) is 0 Å². The van der Waals surface area contributed by atoms with Gasteiger partial charge in [0.25, 0.3) is 5.91 Å². The zero-order valence-corrected chi connectivity index (χ0v) is 14.5. The van der Waals surface area contributed by atoms with Gasteiger partial charge in [-0.1, -0.05) is 41.7 Å². The first kappa shape index (κ1) is 16.3. The molecule has 0 bridgehead atoms. The van der Waals surface area contributed by atoms with Crippen LogP contribution in [-0.2, 0) is 20.7 Å². The number of esters is 1. The van der Waals surface area contributed by atoms with Crippen molar-refractivity contribution in [3.8, 4) is 0 Å². The summed E-state index contributed by atoms with van der Waals surface area (Å²) >= 11 is 1.38. The Labute approximate surface area is 152 Å². The highest BCUT2D eigenvalue weighted by Gasteiger charge is 2.13. The van der Waals surface area contributed by atoms with Gasteiger partial charge in [0.05, 0.1) is 16.6 Å². The molecule has 4 rings (SSSR count). The number of H-pyrrole nitrogens is 1. The topological polar surface area (TPSA) is 84.1 Å². The molecule has 6 nitrogen and oxygen atoms in total. The van der Waals surface area contributed by atoms with E-state index >= 15 is 0 Å². The van der Waals surface area contributed by atoms with Crippen molar-refractivity contribution in [3.05, 3.63) is 60.3 Å². The molecule has 0 saturated heterocycles. The number of anilines is 1. The second kappa shape index (κ2) is 6.97. The van der Waals surface area contributed by atoms with Crippen molar-refractivity contribution in [2.24, 2.45) is 0 Å². The number of aromatic nitrogens is 2. The van der Waals surface area contributed by atoms with Crippen LogP contribution in [-0.4, -0.2) is 28.5 Å². The Morgan fingerprint density at radius 2 is 1.92 bits per heavy atom. The summed E-state index contributed by atoms with van der Waals surface area (Å²) in [6.07, 6.45) is 1.89. The van der Waals surface area contributed by atoms with E-state index in [1.54, 1.807) is 6.20 Å². The number of carbonyl (C=O) groups is 2. The maximum absolute atomic E-state index is 12.0. The van der Waals surface area contributed by atoms with E-state index in [4.69, 9.17) is 4.74 Å². The summed E-state index contributed by atoms with van der Waals surface area (Å²) < 4.78 is 6.07. The summed E-state index contributed by atoms with van der Waals surface area (Å²) in [4.78, 5) is 31.4. The third-order valence-corrected chi connectivity index (χ3v) is 4.87. The number of ether oxygens (including phenoxy) is 1. The van der Waals surface area contributed by atoms with Crippen molar-refractivity contribution in [1.82, 2.24) is 9.97 Å². The molecule has 2 aromatic carbocycles. The zero-order valence-electron chi connectivity index (χ0n) is 13.7. The van der Waals surface area contributed by atoms with Crippen LogP contribution in [0.15, 0.2) is 54.7 Å². The second-order valence-corrected chi connectivity index (χ2v) is 6.76. The molecule has 1 amide bonds. The highest BCUT2D eigenvalue weighted by molar-refractivity contribution is 7.22. The Kier molecular flexibility index (Phi) is 4.37. The molecule has 0 saturated carbocycles. The van der Waals surface area contributed by atoms with Gasteiger partial charge in [-0.05, 0) is 23.8 Å². The van der Waals surface area contributed by atoms with E-state index in [-0.39, 0.29) is 13.0 Å². The normalized spacial score (nSPS) is 10.9. The largest absolute Gasteiger partial charge is 0.455 e. The number of aromatic amines is 1. The van der Waals surface area contributed by atoms with Gasteiger partial charge in [-0.25, -0.2) is 4.98 Å².